The minimum Gasteiger partial charge on any atom is -0.468 e. The lowest BCUT2D eigenvalue weighted by Crippen LogP contribution is -2.89. The predicted octanol–water partition coefficient (Wildman–Crippen LogP) is 2.97. The van der Waals surface area contributed by atoms with E-state index in [-0.39, 0.29) is 30.8 Å². The number of hydrogen-bond acceptors (Lipinski definition) is 4. The van der Waals surface area contributed by atoms with Crippen molar-refractivity contribution in [3.05, 3.63) is 0 Å². The number of carbonyl (C=O) groups excluding carboxylic acids is 1. The molecular weight excluding hydrogens is 443 g/mol. The van der Waals surface area contributed by atoms with Crippen molar-refractivity contribution >= 4 is 17.6 Å². The maximum atomic E-state index is 13.1. The molecule has 4 aliphatic rings. The summed E-state index contributed by atoms with van der Waals surface area (Å²) >= 11 is 6.28. The molecule has 3 atom stereocenters. The summed E-state index contributed by atoms with van der Waals surface area (Å²) in [6, 6.07) is 0.473. The summed E-state index contributed by atoms with van der Waals surface area (Å²) in [6.45, 7) is 3.52. The second-order valence-corrected chi connectivity index (χ2v) is 11.1. The lowest BCUT2D eigenvalue weighted by molar-refractivity contribution is -0.678. The first-order chi connectivity index (χ1) is 15.2. The maximum absolute atomic E-state index is 13.1. The van der Waals surface area contributed by atoms with Gasteiger partial charge in [0.1, 0.15) is 18.8 Å². The van der Waals surface area contributed by atoms with Gasteiger partial charge in [-0.05, 0) is 63.2 Å². The van der Waals surface area contributed by atoms with Gasteiger partial charge in [0.2, 0.25) is 0 Å². The van der Waals surface area contributed by atoms with Gasteiger partial charge < -0.3 is 10.1 Å². The molecule has 184 valence electrons. The Morgan fingerprint density at radius 3 is 2.19 bits per heavy atom. The number of nitrogens with two attached hydrogens (primary N) is 1. The monoisotopic (exact) mass is 480 g/mol. The van der Waals surface area contributed by atoms with Crippen molar-refractivity contribution in [3.63, 3.8) is 0 Å². The Morgan fingerprint density at radius 1 is 1.00 bits per heavy atom. The van der Waals surface area contributed by atoms with E-state index in [9.17, 15) is 18.0 Å². The topological polar surface area (TPSA) is 49.4 Å². The van der Waals surface area contributed by atoms with Crippen LogP contribution in [0.25, 0.3) is 0 Å². The number of carbonyl (C=O) groups is 1. The second-order valence-electron chi connectivity index (χ2n) is 10.5. The van der Waals surface area contributed by atoms with Crippen molar-refractivity contribution in [1.82, 2.24) is 9.80 Å². The molecule has 0 aromatic carbocycles. The van der Waals surface area contributed by atoms with Crippen molar-refractivity contribution in [2.45, 2.75) is 87.5 Å². The zero-order valence-corrected chi connectivity index (χ0v) is 19.8. The number of piperidine rings is 1. The van der Waals surface area contributed by atoms with Crippen LogP contribution in [0.2, 0.25) is 0 Å². The van der Waals surface area contributed by atoms with E-state index in [1.54, 1.807) is 0 Å². The molecule has 5 nitrogen and oxygen atoms in total. The minimum absolute atomic E-state index is 0.208. The van der Waals surface area contributed by atoms with Crippen LogP contribution in [0.5, 0.6) is 0 Å². The summed E-state index contributed by atoms with van der Waals surface area (Å²) in [4.78, 5) is 17.4. The summed E-state index contributed by atoms with van der Waals surface area (Å²) in [7, 11) is 1.43. The fourth-order valence-corrected chi connectivity index (χ4v) is 6.80. The Balaban J connectivity index is 1.37. The smallest absolute Gasteiger partial charge is 0.391 e. The Bertz CT molecular complexity index is 636. The molecule has 0 amide bonds. The highest BCUT2D eigenvalue weighted by Crippen LogP contribution is 2.40. The zero-order chi connectivity index (χ0) is 22.9. The van der Waals surface area contributed by atoms with E-state index in [1.807, 2.05) is 0 Å². The van der Waals surface area contributed by atoms with Crippen LogP contribution in [0, 0.1) is 17.8 Å². The van der Waals surface area contributed by atoms with Crippen LogP contribution in [0.1, 0.15) is 57.8 Å². The molecule has 0 spiro atoms. The van der Waals surface area contributed by atoms with E-state index in [2.05, 4.69) is 15.1 Å². The Hall–Kier alpha value is -0.570. The van der Waals surface area contributed by atoms with E-state index in [0.717, 1.165) is 39.0 Å². The Labute approximate surface area is 194 Å². The number of rotatable bonds is 5. The van der Waals surface area contributed by atoms with Gasteiger partial charge in [0.15, 0.2) is 0 Å². The highest BCUT2D eigenvalue weighted by Gasteiger charge is 2.49. The van der Waals surface area contributed by atoms with Gasteiger partial charge in [0, 0.05) is 31.4 Å². The van der Waals surface area contributed by atoms with E-state index < -0.39 is 12.1 Å². The van der Waals surface area contributed by atoms with Gasteiger partial charge in [-0.25, -0.2) is 4.90 Å². The van der Waals surface area contributed by atoms with Crippen LogP contribution >= 0.6 is 11.6 Å². The van der Waals surface area contributed by atoms with Crippen molar-refractivity contribution in [3.8, 4) is 0 Å². The summed E-state index contributed by atoms with van der Waals surface area (Å²) in [5, 5.41) is 2.68. The number of nitrogens with zero attached hydrogens (tertiary/aromatic N) is 2. The van der Waals surface area contributed by atoms with E-state index in [4.69, 9.17) is 16.3 Å². The quantitative estimate of drug-likeness (QED) is 0.485. The average Bonchev–Trinajstić information content (AvgIpc) is 3.15. The molecule has 2 aliphatic carbocycles. The molecule has 0 bridgehead atoms. The number of quaternary nitrogens is 1. The van der Waals surface area contributed by atoms with Crippen molar-refractivity contribution in [2.24, 2.45) is 17.8 Å². The number of likely N-dealkylation sites (tertiary alicyclic amines) is 1. The third kappa shape index (κ3) is 5.73. The molecule has 0 radical (unpaired) electrons. The highest BCUT2D eigenvalue weighted by atomic mass is 35.5. The molecular formula is C23H38ClF3N3O2+. The van der Waals surface area contributed by atoms with E-state index >= 15 is 0 Å². The molecule has 9 heteroatoms. The lowest BCUT2D eigenvalue weighted by atomic mass is 9.80. The summed E-state index contributed by atoms with van der Waals surface area (Å²) in [5.74, 6) is -0.472. The van der Waals surface area contributed by atoms with Crippen LogP contribution in [-0.4, -0.2) is 78.9 Å². The first-order valence-electron chi connectivity index (χ1n) is 12.3. The van der Waals surface area contributed by atoms with E-state index in [1.165, 1.54) is 20.0 Å². The molecule has 3 unspecified atom stereocenters. The predicted molar refractivity (Wildman–Crippen MR) is 116 cm³/mol. The second kappa shape index (κ2) is 10.4. The van der Waals surface area contributed by atoms with Gasteiger partial charge in [-0.1, -0.05) is 0 Å². The fourth-order valence-electron chi connectivity index (χ4n) is 6.55. The molecule has 32 heavy (non-hydrogen) atoms. The molecule has 4 fully saturated rings. The number of ether oxygens (including phenoxy) is 1. The molecule has 0 aromatic heterocycles. The Morgan fingerprint density at radius 2 is 1.59 bits per heavy atom. The number of esters is 1. The van der Waals surface area contributed by atoms with Crippen LogP contribution in [0.3, 0.4) is 0 Å². The number of fused-ring (bicyclic) bond motifs is 1. The third-order valence-electron chi connectivity index (χ3n) is 8.51. The molecule has 2 saturated heterocycles. The first kappa shape index (κ1) is 24.6. The molecule has 2 heterocycles. The zero-order valence-electron chi connectivity index (χ0n) is 19.0. The fraction of sp³-hybridized carbons (Fsp3) is 0.957. The number of halogens is 4. The van der Waals surface area contributed by atoms with Crippen molar-refractivity contribution in [1.29, 1.82) is 0 Å². The highest BCUT2D eigenvalue weighted by molar-refractivity contribution is 6.20. The van der Waals surface area contributed by atoms with Crippen molar-refractivity contribution in [2.75, 3.05) is 33.4 Å². The number of alkyl halides is 4. The summed E-state index contributed by atoms with van der Waals surface area (Å²) < 4.78 is 44.3. The molecule has 4 rings (SSSR count). The van der Waals surface area contributed by atoms with Crippen LogP contribution in [0.4, 0.5) is 13.2 Å². The standard InChI is InChI=1S/C23H37ClF3N3O2/c1-32-22(31)20-10-19-21(30(14-28-19)12-16-4-8-18(24)9-5-16)13-29(20)11-15-2-6-17(7-3-15)23(25,26)27/h15-21,28H,2-14H2,1H3/p+1. The number of hydrogen-bond donors (Lipinski definition) is 1. The summed E-state index contributed by atoms with van der Waals surface area (Å²) in [5.41, 5.74) is 0. The molecule has 0 aromatic rings. The molecule has 2 saturated carbocycles. The van der Waals surface area contributed by atoms with Gasteiger partial charge >= 0.3 is 12.1 Å². The third-order valence-corrected chi connectivity index (χ3v) is 8.94. The van der Waals surface area contributed by atoms with Crippen LogP contribution in [-0.2, 0) is 9.53 Å². The largest absolute Gasteiger partial charge is 0.468 e. The lowest BCUT2D eigenvalue weighted by Gasteiger charge is -2.43. The van der Waals surface area contributed by atoms with Crippen LogP contribution < -0.4 is 5.32 Å². The first-order valence-corrected chi connectivity index (χ1v) is 12.8. The average molecular weight is 481 g/mol. The number of methoxy groups -OCH3 is 1. The van der Waals surface area contributed by atoms with Crippen LogP contribution in [0.15, 0.2) is 0 Å². The summed E-state index contributed by atoms with van der Waals surface area (Å²) in [6.07, 6.45) is 2.80. The Kier molecular flexibility index (Phi) is 7.95. The van der Waals surface area contributed by atoms with Gasteiger partial charge in [0.25, 0.3) is 0 Å². The van der Waals surface area contributed by atoms with Gasteiger partial charge in [-0.2, -0.15) is 13.2 Å². The SMILES string of the molecule is COC(=O)C1CC2[NH2+]CN(CC3CCC(Cl)CC3)C2CN1CC1CCC(C(F)(F)F)CC1. The van der Waals surface area contributed by atoms with Crippen molar-refractivity contribution < 1.29 is 28.0 Å². The maximum Gasteiger partial charge on any atom is 0.391 e. The molecule has 2 N–H and O–H groups in total. The van der Waals surface area contributed by atoms with Gasteiger partial charge in [-0.15, -0.1) is 11.6 Å². The van der Waals surface area contributed by atoms with Gasteiger partial charge in [-0.3, -0.25) is 9.69 Å². The minimum atomic E-state index is -4.08. The van der Waals surface area contributed by atoms with Gasteiger partial charge in [0.05, 0.1) is 19.1 Å². The van der Waals surface area contributed by atoms with E-state index in [0.29, 0.717) is 42.8 Å². The molecule has 2 aliphatic heterocycles. The normalized spacial score (nSPS) is 39.6.